The Morgan fingerprint density at radius 2 is 1.63 bits per heavy atom. The molecular weight excluding hydrogens is 429 g/mol. The molecule has 1 aliphatic heterocycles. The van der Waals surface area contributed by atoms with Crippen LogP contribution < -0.4 is 14.2 Å². The van der Waals surface area contributed by atoms with Gasteiger partial charge in [-0.1, -0.05) is 29.3 Å². The van der Waals surface area contributed by atoms with Gasteiger partial charge in [0, 0.05) is 15.6 Å². The lowest BCUT2D eigenvalue weighted by Gasteiger charge is -2.38. The molecule has 1 saturated heterocycles. The number of halogens is 2. The van der Waals surface area contributed by atoms with E-state index in [1.54, 1.807) is 33.5 Å². The molecule has 1 fully saturated rings. The number of carboxylic acid groups (broad SMARTS) is 1. The molecule has 0 bridgehead atoms. The first-order valence-electron chi connectivity index (χ1n) is 9.61. The fourth-order valence-electron chi connectivity index (χ4n) is 4.03. The highest BCUT2D eigenvalue weighted by Crippen LogP contribution is 2.47. The van der Waals surface area contributed by atoms with Crippen molar-refractivity contribution in [2.75, 3.05) is 34.4 Å². The Morgan fingerprint density at radius 3 is 2.17 bits per heavy atom. The molecule has 6 nitrogen and oxygen atoms in total. The molecule has 1 aliphatic rings. The number of carboxylic acids is 1. The fraction of sp³-hybridized carbons (Fsp3) is 0.409. The molecule has 30 heavy (non-hydrogen) atoms. The van der Waals surface area contributed by atoms with Crippen molar-refractivity contribution in [1.82, 2.24) is 4.90 Å². The largest absolute Gasteiger partial charge is 0.493 e. The van der Waals surface area contributed by atoms with Crippen molar-refractivity contribution in [3.05, 3.63) is 51.5 Å². The number of benzene rings is 2. The third-order valence-electron chi connectivity index (χ3n) is 5.53. The summed E-state index contributed by atoms with van der Waals surface area (Å²) < 4.78 is 16.7. The number of hydrogen-bond acceptors (Lipinski definition) is 5. The number of hydrogen-bond donors (Lipinski definition) is 1. The smallest absolute Gasteiger partial charge is 0.306 e. The maximum Gasteiger partial charge on any atom is 0.306 e. The number of likely N-dealkylation sites (tertiary alicyclic amines) is 1. The fourth-order valence-corrected chi connectivity index (χ4v) is 4.54. The van der Waals surface area contributed by atoms with Gasteiger partial charge in [0.25, 0.3) is 0 Å². The van der Waals surface area contributed by atoms with Crippen molar-refractivity contribution in [3.8, 4) is 17.2 Å². The Morgan fingerprint density at radius 1 is 1.00 bits per heavy atom. The van der Waals surface area contributed by atoms with Crippen LogP contribution in [0, 0.1) is 5.92 Å². The molecule has 0 saturated carbocycles. The lowest BCUT2D eigenvalue weighted by Crippen LogP contribution is -2.39. The molecule has 1 unspecified atom stereocenters. The highest BCUT2D eigenvalue weighted by Gasteiger charge is 2.34. The standard InChI is InChI=1S/C22H25Cl2NO5/c1-28-18-7-6-16(20(29-2)21(18)30-3)19(15-5-4-14(23)12-17(15)24)25-10-8-13(9-11-25)22(26)27/h4-7,12-13,19H,8-11H2,1-3H3,(H,26,27). The predicted molar refractivity (Wildman–Crippen MR) is 116 cm³/mol. The van der Waals surface area contributed by atoms with Gasteiger partial charge >= 0.3 is 5.97 Å². The van der Waals surface area contributed by atoms with E-state index < -0.39 is 5.97 Å². The van der Waals surface area contributed by atoms with Crippen molar-refractivity contribution in [3.63, 3.8) is 0 Å². The van der Waals surface area contributed by atoms with Crippen molar-refractivity contribution >= 4 is 29.2 Å². The zero-order chi connectivity index (χ0) is 21.8. The molecule has 0 radical (unpaired) electrons. The maximum atomic E-state index is 11.4. The van der Waals surface area contributed by atoms with E-state index >= 15 is 0 Å². The Hall–Kier alpha value is -2.15. The predicted octanol–water partition coefficient (Wildman–Crippen LogP) is 4.91. The van der Waals surface area contributed by atoms with Crippen molar-refractivity contribution in [1.29, 1.82) is 0 Å². The van der Waals surface area contributed by atoms with Crippen LogP contribution in [0.3, 0.4) is 0 Å². The van der Waals surface area contributed by atoms with Crippen LogP contribution in [0.2, 0.25) is 10.0 Å². The average Bonchev–Trinajstić information content (AvgIpc) is 2.75. The first-order chi connectivity index (χ1) is 14.4. The molecule has 8 heteroatoms. The molecule has 1 N–H and O–H groups in total. The van der Waals surface area contributed by atoms with E-state index in [0.29, 0.717) is 53.2 Å². The van der Waals surface area contributed by atoms with E-state index in [1.807, 2.05) is 18.2 Å². The molecule has 0 aliphatic carbocycles. The van der Waals surface area contributed by atoms with Crippen molar-refractivity contribution in [2.24, 2.45) is 5.92 Å². The van der Waals surface area contributed by atoms with Crippen LogP contribution in [0.5, 0.6) is 17.2 Å². The van der Waals surface area contributed by atoms with E-state index in [9.17, 15) is 9.90 Å². The molecule has 2 aromatic rings. The Kier molecular flexibility index (Phi) is 7.34. The molecule has 0 aromatic heterocycles. The van der Waals surface area contributed by atoms with Crippen LogP contribution in [0.15, 0.2) is 30.3 Å². The van der Waals surface area contributed by atoms with Gasteiger partial charge in [0.05, 0.1) is 33.3 Å². The zero-order valence-corrected chi connectivity index (χ0v) is 18.7. The summed E-state index contributed by atoms with van der Waals surface area (Å²) in [5.74, 6) is 0.513. The van der Waals surface area contributed by atoms with Crippen LogP contribution in [-0.4, -0.2) is 50.4 Å². The first kappa shape index (κ1) is 22.5. The zero-order valence-electron chi connectivity index (χ0n) is 17.2. The summed E-state index contributed by atoms with van der Waals surface area (Å²) in [5, 5.41) is 10.5. The van der Waals surface area contributed by atoms with Gasteiger partial charge in [-0.2, -0.15) is 0 Å². The minimum atomic E-state index is -0.751. The highest BCUT2D eigenvalue weighted by molar-refractivity contribution is 6.35. The molecule has 0 amide bonds. The SMILES string of the molecule is COc1ccc(C(c2ccc(Cl)cc2Cl)N2CCC(C(=O)O)CC2)c(OC)c1OC. The van der Waals surface area contributed by atoms with Gasteiger partial charge in [-0.05, 0) is 55.8 Å². The van der Waals surface area contributed by atoms with Gasteiger partial charge in [0.2, 0.25) is 5.75 Å². The van der Waals surface area contributed by atoms with Gasteiger partial charge in [-0.15, -0.1) is 0 Å². The maximum absolute atomic E-state index is 11.4. The highest BCUT2D eigenvalue weighted by atomic mass is 35.5. The Labute approximate surface area is 186 Å². The van der Waals surface area contributed by atoms with Crippen LogP contribution in [0.25, 0.3) is 0 Å². The molecule has 1 heterocycles. The summed E-state index contributed by atoms with van der Waals surface area (Å²) in [7, 11) is 4.71. The number of carbonyl (C=O) groups is 1. The number of rotatable bonds is 7. The summed E-state index contributed by atoms with van der Waals surface area (Å²) >= 11 is 12.7. The van der Waals surface area contributed by atoms with Crippen LogP contribution >= 0.6 is 23.2 Å². The van der Waals surface area contributed by atoms with Gasteiger partial charge in [-0.25, -0.2) is 0 Å². The average molecular weight is 454 g/mol. The van der Waals surface area contributed by atoms with E-state index in [1.165, 1.54) is 0 Å². The second-order valence-electron chi connectivity index (χ2n) is 7.14. The summed E-state index contributed by atoms with van der Waals surface area (Å²) in [6.45, 7) is 1.22. The quantitative estimate of drug-likeness (QED) is 0.642. The second-order valence-corrected chi connectivity index (χ2v) is 7.98. The third kappa shape index (κ3) is 4.46. The molecular formula is C22H25Cl2NO5. The molecule has 2 aromatic carbocycles. The molecule has 1 atom stereocenters. The first-order valence-corrected chi connectivity index (χ1v) is 10.4. The monoisotopic (exact) mass is 453 g/mol. The van der Waals surface area contributed by atoms with E-state index in [2.05, 4.69) is 4.90 Å². The second kappa shape index (κ2) is 9.77. The van der Waals surface area contributed by atoms with E-state index in [4.69, 9.17) is 37.4 Å². The summed E-state index contributed by atoms with van der Waals surface area (Å²) in [6.07, 6.45) is 1.12. The summed E-state index contributed by atoms with van der Waals surface area (Å²) in [5.41, 5.74) is 1.72. The van der Waals surface area contributed by atoms with E-state index in [-0.39, 0.29) is 12.0 Å². The van der Waals surface area contributed by atoms with Gasteiger partial charge in [0.1, 0.15) is 0 Å². The number of aliphatic carboxylic acids is 1. The molecule has 3 rings (SSSR count). The Bertz CT molecular complexity index is 913. The van der Waals surface area contributed by atoms with Crippen LogP contribution in [0.4, 0.5) is 0 Å². The van der Waals surface area contributed by atoms with Crippen molar-refractivity contribution in [2.45, 2.75) is 18.9 Å². The molecule has 0 spiro atoms. The minimum absolute atomic E-state index is 0.265. The number of nitrogens with zero attached hydrogens (tertiary/aromatic N) is 1. The number of methoxy groups -OCH3 is 3. The van der Waals surface area contributed by atoms with Gasteiger partial charge in [0.15, 0.2) is 11.5 Å². The lowest BCUT2D eigenvalue weighted by atomic mass is 9.90. The Balaban J connectivity index is 2.12. The normalized spacial score (nSPS) is 16.2. The van der Waals surface area contributed by atoms with Crippen LogP contribution in [-0.2, 0) is 4.79 Å². The minimum Gasteiger partial charge on any atom is -0.493 e. The van der Waals surface area contributed by atoms with Gasteiger partial charge in [-0.3, -0.25) is 9.69 Å². The van der Waals surface area contributed by atoms with E-state index in [0.717, 1.165) is 11.1 Å². The topological polar surface area (TPSA) is 68.2 Å². The van der Waals surface area contributed by atoms with Gasteiger partial charge < -0.3 is 19.3 Å². The summed E-state index contributed by atoms with van der Waals surface area (Å²) in [4.78, 5) is 13.6. The number of piperidine rings is 1. The van der Waals surface area contributed by atoms with Crippen molar-refractivity contribution < 1.29 is 24.1 Å². The molecule has 162 valence electrons. The lowest BCUT2D eigenvalue weighted by molar-refractivity contribution is -0.143. The third-order valence-corrected chi connectivity index (χ3v) is 6.09. The summed E-state index contributed by atoms with van der Waals surface area (Å²) in [6, 6.07) is 8.90. The van der Waals surface area contributed by atoms with Crippen LogP contribution in [0.1, 0.15) is 30.0 Å². The number of ether oxygens (including phenoxy) is 3.